The van der Waals surface area contributed by atoms with Gasteiger partial charge in [-0.3, -0.25) is 0 Å². The summed E-state index contributed by atoms with van der Waals surface area (Å²) in [7, 11) is 0. The van der Waals surface area contributed by atoms with Gasteiger partial charge in [0.25, 0.3) is 0 Å². The molecule has 1 aliphatic rings. The van der Waals surface area contributed by atoms with Gasteiger partial charge < -0.3 is 14.7 Å². The van der Waals surface area contributed by atoms with Gasteiger partial charge in [0.15, 0.2) is 0 Å². The molecule has 1 heterocycles. The first-order valence-electron chi connectivity index (χ1n) is 8.37. The lowest BCUT2D eigenvalue weighted by molar-refractivity contribution is 0.193. The van der Waals surface area contributed by atoms with Crippen LogP contribution in [-0.4, -0.2) is 24.3 Å². The summed E-state index contributed by atoms with van der Waals surface area (Å²) < 4.78 is 6.20. The van der Waals surface area contributed by atoms with Gasteiger partial charge in [0.1, 0.15) is 17.6 Å². The Kier molecular flexibility index (Phi) is 4.46. The van der Waals surface area contributed by atoms with Crippen LogP contribution in [0.25, 0.3) is 0 Å². The number of phenolic OH excluding ortho intramolecular Hbond substituents is 1. The molecule has 0 bridgehead atoms. The molecule has 0 radical (unpaired) electrons. The van der Waals surface area contributed by atoms with Gasteiger partial charge in [-0.2, -0.15) is 0 Å². The highest BCUT2D eigenvalue weighted by Gasteiger charge is 2.26. The van der Waals surface area contributed by atoms with Crippen LogP contribution in [-0.2, 0) is 6.42 Å². The van der Waals surface area contributed by atoms with Crippen LogP contribution in [0.4, 0.5) is 5.69 Å². The minimum Gasteiger partial charge on any atom is -0.508 e. The second-order valence-electron chi connectivity index (χ2n) is 6.47. The van der Waals surface area contributed by atoms with Gasteiger partial charge >= 0.3 is 0 Å². The van der Waals surface area contributed by atoms with Crippen molar-refractivity contribution in [2.45, 2.75) is 39.7 Å². The third-order valence-electron chi connectivity index (χ3n) is 4.44. The second-order valence-corrected chi connectivity index (χ2v) is 6.47. The van der Waals surface area contributed by atoms with E-state index in [0.717, 1.165) is 37.4 Å². The Bertz CT molecular complexity index is 696. The van der Waals surface area contributed by atoms with Crippen LogP contribution in [0.2, 0.25) is 0 Å². The Labute approximate surface area is 138 Å². The van der Waals surface area contributed by atoms with Gasteiger partial charge in [-0.15, -0.1) is 0 Å². The Balaban J connectivity index is 1.83. The standard InChI is InChI=1S/C20H25NO2/c1-4-9-21-13-18(11-16-6-5-14(2)10-15(16)3)23-20-8-7-17(22)12-19(20)21/h5-8,10,12,18,22H,4,9,11,13H2,1-3H3. The van der Waals surface area contributed by atoms with Crippen molar-refractivity contribution in [1.82, 2.24) is 0 Å². The van der Waals surface area contributed by atoms with Crippen molar-refractivity contribution in [3.05, 3.63) is 53.1 Å². The van der Waals surface area contributed by atoms with Crippen molar-refractivity contribution in [2.24, 2.45) is 0 Å². The number of aromatic hydroxyl groups is 1. The Morgan fingerprint density at radius 2 is 2.00 bits per heavy atom. The number of aryl methyl sites for hydroxylation is 2. The van der Waals surface area contributed by atoms with E-state index in [1.54, 1.807) is 12.1 Å². The summed E-state index contributed by atoms with van der Waals surface area (Å²) in [4.78, 5) is 2.33. The van der Waals surface area contributed by atoms with E-state index >= 15 is 0 Å². The number of benzene rings is 2. The van der Waals surface area contributed by atoms with Crippen LogP contribution in [0.15, 0.2) is 36.4 Å². The van der Waals surface area contributed by atoms with Gasteiger partial charge in [0.2, 0.25) is 0 Å². The minimum absolute atomic E-state index is 0.139. The number of anilines is 1. The first-order valence-corrected chi connectivity index (χ1v) is 8.37. The molecule has 23 heavy (non-hydrogen) atoms. The summed E-state index contributed by atoms with van der Waals surface area (Å²) in [5.41, 5.74) is 4.97. The Morgan fingerprint density at radius 3 is 2.74 bits per heavy atom. The first kappa shape index (κ1) is 15.7. The smallest absolute Gasteiger partial charge is 0.143 e. The lowest BCUT2D eigenvalue weighted by Gasteiger charge is -2.36. The summed E-state index contributed by atoms with van der Waals surface area (Å²) in [6.45, 7) is 8.30. The molecule has 3 nitrogen and oxygen atoms in total. The van der Waals surface area contributed by atoms with E-state index in [9.17, 15) is 5.11 Å². The molecule has 2 aromatic carbocycles. The number of rotatable bonds is 4. The van der Waals surface area contributed by atoms with Gasteiger partial charge in [-0.25, -0.2) is 0 Å². The molecule has 2 aromatic rings. The van der Waals surface area contributed by atoms with E-state index in [2.05, 4.69) is 43.9 Å². The molecule has 0 aromatic heterocycles. The third-order valence-corrected chi connectivity index (χ3v) is 4.44. The van der Waals surface area contributed by atoms with Crippen molar-refractivity contribution >= 4 is 5.69 Å². The fourth-order valence-corrected chi connectivity index (χ4v) is 3.32. The zero-order valence-corrected chi connectivity index (χ0v) is 14.2. The molecule has 1 aliphatic heterocycles. The summed E-state index contributed by atoms with van der Waals surface area (Å²) in [6.07, 6.45) is 2.12. The maximum absolute atomic E-state index is 9.76. The van der Waals surface area contributed by atoms with Crippen LogP contribution < -0.4 is 9.64 Å². The zero-order valence-electron chi connectivity index (χ0n) is 14.2. The number of nitrogens with zero attached hydrogens (tertiary/aromatic N) is 1. The maximum atomic E-state index is 9.76. The molecule has 0 amide bonds. The number of ether oxygens (including phenoxy) is 1. The van der Waals surface area contributed by atoms with E-state index in [0.29, 0.717) is 5.75 Å². The van der Waals surface area contributed by atoms with Crippen molar-refractivity contribution in [2.75, 3.05) is 18.0 Å². The molecule has 122 valence electrons. The zero-order chi connectivity index (χ0) is 16.4. The van der Waals surface area contributed by atoms with E-state index in [4.69, 9.17) is 4.74 Å². The van der Waals surface area contributed by atoms with Gasteiger partial charge in [0, 0.05) is 19.0 Å². The number of fused-ring (bicyclic) bond motifs is 1. The normalized spacial score (nSPS) is 16.8. The third kappa shape index (κ3) is 3.44. The second kappa shape index (κ2) is 6.53. The van der Waals surface area contributed by atoms with Crippen LogP contribution in [0.5, 0.6) is 11.5 Å². The molecule has 0 saturated carbocycles. The van der Waals surface area contributed by atoms with Crippen LogP contribution >= 0.6 is 0 Å². The van der Waals surface area contributed by atoms with E-state index in [-0.39, 0.29) is 6.10 Å². The maximum Gasteiger partial charge on any atom is 0.143 e. The molecule has 0 saturated heterocycles. The van der Waals surface area contributed by atoms with Gasteiger partial charge in [-0.1, -0.05) is 30.7 Å². The van der Waals surface area contributed by atoms with Crippen molar-refractivity contribution in [3.63, 3.8) is 0 Å². The highest BCUT2D eigenvalue weighted by atomic mass is 16.5. The van der Waals surface area contributed by atoms with Gasteiger partial charge in [0.05, 0.1) is 12.2 Å². The Morgan fingerprint density at radius 1 is 1.17 bits per heavy atom. The summed E-state index contributed by atoms with van der Waals surface area (Å²) >= 11 is 0. The van der Waals surface area contributed by atoms with E-state index < -0.39 is 0 Å². The topological polar surface area (TPSA) is 32.7 Å². The average molecular weight is 311 g/mol. The lowest BCUT2D eigenvalue weighted by atomic mass is 9.99. The van der Waals surface area contributed by atoms with Crippen LogP contribution in [0.1, 0.15) is 30.0 Å². The molecule has 3 rings (SSSR count). The lowest BCUT2D eigenvalue weighted by Crippen LogP contribution is -2.41. The SMILES string of the molecule is CCCN1CC(Cc2ccc(C)cc2C)Oc2ccc(O)cc21. The van der Waals surface area contributed by atoms with Crippen molar-refractivity contribution < 1.29 is 9.84 Å². The quantitative estimate of drug-likeness (QED) is 0.917. The van der Waals surface area contributed by atoms with Crippen molar-refractivity contribution in [3.8, 4) is 11.5 Å². The molecular formula is C20H25NO2. The van der Waals surface area contributed by atoms with Gasteiger partial charge in [-0.05, 0) is 43.5 Å². The van der Waals surface area contributed by atoms with Crippen molar-refractivity contribution in [1.29, 1.82) is 0 Å². The predicted molar refractivity (Wildman–Crippen MR) is 94.6 cm³/mol. The average Bonchev–Trinajstić information content (AvgIpc) is 2.51. The Hall–Kier alpha value is -2.16. The monoisotopic (exact) mass is 311 g/mol. The first-order chi connectivity index (χ1) is 11.1. The highest BCUT2D eigenvalue weighted by Crippen LogP contribution is 2.37. The van der Waals surface area contributed by atoms with E-state index in [1.165, 1.54) is 16.7 Å². The fraction of sp³-hybridized carbons (Fsp3) is 0.400. The molecule has 1 unspecified atom stereocenters. The highest BCUT2D eigenvalue weighted by molar-refractivity contribution is 5.63. The predicted octanol–water partition coefficient (Wildman–Crippen LogP) is 4.23. The van der Waals surface area contributed by atoms with Crippen LogP contribution in [0, 0.1) is 13.8 Å². The molecule has 0 spiro atoms. The minimum atomic E-state index is 0.139. The summed E-state index contributed by atoms with van der Waals surface area (Å²) in [5, 5.41) is 9.76. The number of hydrogen-bond acceptors (Lipinski definition) is 3. The number of phenols is 1. The molecule has 0 fully saturated rings. The molecule has 1 atom stereocenters. The summed E-state index contributed by atoms with van der Waals surface area (Å²) in [6, 6.07) is 12.0. The van der Waals surface area contributed by atoms with E-state index in [1.807, 2.05) is 6.07 Å². The number of hydrogen-bond donors (Lipinski definition) is 1. The van der Waals surface area contributed by atoms with Crippen LogP contribution in [0.3, 0.4) is 0 Å². The molecule has 1 N–H and O–H groups in total. The molecule has 0 aliphatic carbocycles. The fourth-order valence-electron chi connectivity index (χ4n) is 3.32. The molecule has 3 heteroatoms. The molecular weight excluding hydrogens is 286 g/mol. The largest absolute Gasteiger partial charge is 0.508 e. The summed E-state index contributed by atoms with van der Waals surface area (Å²) in [5.74, 6) is 1.17.